The summed E-state index contributed by atoms with van der Waals surface area (Å²) in [5, 5.41) is 21.5. The van der Waals surface area contributed by atoms with Gasteiger partial charge in [-0.3, -0.25) is 0 Å². The van der Waals surface area contributed by atoms with Gasteiger partial charge in [-0.15, -0.1) is 0 Å². The minimum atomic E-state index is -0.914. The second-order valence-electron chi connectivity index (χ2n) is 11.2. The van der Waals surface area contributed by atoms with Crippen LogP contribution in [0.5, 0.6) is 0 Å². The van der Waals surface area contributed by atoms with Crippen LogP contribution in [0.25, 0.3) is 0 Å². The van der Waals surface area contributed by atoms with E-state index in [4.69, 9.17) is 0 Å². The molecule has 0 aromatic rings. The van der Waals surface area contributed by atoms with Gasteiger partial charge in [0.2, 0.25) is 0 Å². The average molecular weight is 534 g/mol. The third-order valence-corrected chi connectivity index (χ3v) is 6.69. The Morgan fingerprint density at radius 3 is 1.24 bits per heavy atom. The van der Waals surface area contributed by atoms with Crippen LogP contribution in [0.15, 0.2) is 12.2 Å². The largest absolute Gasteiger partial charge is 1.00 e. The molecule has 0 fully saturated rings. The summed E-state index contributed by atoms with van der Waals surface area (Å²) in [4.78, 5) is 10.2. The summed E-state index contributed by atoms with van der Waals surface area (Å²) >= 11 is 0. The average Bonchev–Trinajstić information content (AvgIpc) is 2.82. The molecule has 4 nitrogen and oxygen atoms in total. The molecular weight excluding hydrogens is 469 g/mol. The van der Waals surface area contributed by atoms with E-state index >= 15 is 0 Å². The van der Waals surface area contributed by atoms with Gasteiger partial charge in [0, 0.05) is 5.97 Å². The summed E-state index contributed by atoms with van der Waals surface area (Å²) in [6, 6.07) is 0. The maximum absolute atomic E-state index is 11.3. The first kappa shape index (κ1) is 41.6. The van der Waals surface area contributed by atoms with Gasteiger partial charge in [0.1, 0.15) is 0 Å². The monoisotopic (exact) mass is 533 g/mol. The molecule has 0 aliphatic carbocycles. The fraction of sp³-hybridized carbons (Fsp3) is 0.906. The SMILES string of the molecule is CCCCCCCC/C=C\CCCCCCCC(=O)[O-].CCCCCCCCCCCC[N+](C)(C)[O-].[Na+]. The van der Waals surface area contributed by atoms with E-state index in [9.17, 15) is 15.1 Å². The molecule has 0 bridgehead atoms. The summed E-state index contributed by atoms with van der Waals surface area (Å²) in [5.74, 6) is -0.914. The number of aliphatic carboxylic acids is 1. The topological polar surface area (TPSA) is 63.2 Å². The summed E-state index contributed by atoms with van der Waals surface area (Å²) in [5.41, 5.74) is 0. The maximum atomic E-state index is 11.3. The first-order valence-corrected chi connectivity index (χ1v) is 15.7. The number of allylic oxidation sites excluding steroid dienone is 2. The van der Waals surface area contributed by atoms with Crippen molar-refractivity contribution in [3.05, 3.63) is 17.4 Å². The predicted octanol–water partition coefficient (Wildman–Crippen LogP) is 6.26. The van der Waals surface area contributed by atoms with E-state index < -0.39 is 5.97 Å². The normalized spacial score (nSPS) is 11.3. The second kappa shape index (κ2) is 34.2. The van der Waals surface area contributed by atoms with Crippen LogP contribution < -0.4 is 34.7 Å². The molecule has 0 aromatic carbocycles. The van der Waals surface area contributed by atoms with E-state index in [0.717, 1.165) is 32.2 Å². The third-order valence-electron chi connectivity index (χ3n) is 6.69. The zero-order valence-corrected chi connectivity index (χ0v) is 28.0. The number of carbonyl (C=O) groups excluding carboxylic acids is 1. The number of unbranched alkanes of at least 4 members (excludes halogenated alkanes) is 20. The van der Waals surface area contributed by atoms with Crippen molar-refractivity contribution in [3.8, 4) is 0 Å². The van der Waals surface area contributed by atoms with Gasteiger partial charge in [-0.2, -0.15) is 0 Å². The van der Waals surface area contributed by atoms with Crippen molar-refractivity contribution in [2.45, 2.75) is 168 Å². The molecule has 0 radical (unpaired) electrons. The van der Waals surface area contributed by atoms with Gasteiger partial charge in [-0.1, -0.05) is 129 Å². The van der Waals surface area contributed by atoms with Crippen LogP contribution in [0.2, 0.25) is 0 Å². The Bertz CT molecular complexity index is 463. The summed E-state index contributed by atoms with van der Waals surface area (Å²) in [7, 11) is 3.46. The molecule has 0 aromatic heterocycles. The van der Waals surface area contributed by atoms with Crippen LogP contribution in [-0.2, 0) is 4.79 Å². The van der Waals surface area contributed by atoms with Crippen molar-refractivity contribution < 1.29 is 44.1 Å². The van der Waals surface area contributed by atoms with Crippen LogP contribution in [0, 0.1) is 5.21 Å². The van der Waals surface area contributed by atoms with Crippen LogP contribution in [0.3, 0.4) is 0 Å². The van der Waals surface area contributed by atoms with Crippen LogP contribution >= 0.6 is 0 Å². The number of hydrogen-bond donors (Lipinski definition) is 0. The molecule has 0 aliphatic heterocycles. The van der Waals surface area contributed by atoms with Gasteiger partial charge in [0.05, 0.1) is 20.6 Å². The minimum absolute atomic E-state index is 0. The predicted molar refractivity (Wildman–Crippen MR) is 157 cm³/mol. The molecular formula is C32H64NNaO3. The molecule has 0 amide bonds. The Balaban J connectivity index is -0.000000623. The summed E-state index contributed by atoms with van der Waals surface area (Å²) < 4.78 is -0.128. The molecule has 0 saturated heterocycles. The zero-order chi connectivity index (χ0) is 27.2. The van der Waals surface area contributed by atoms with Gasteiger partial charge in [-0.05, 0) is 51.4 Å². The number of quaternary nitrogens is 1. The van der Waals surface area contributed by atoms with Crippen molar-refractivity contribution in [2.75, 3.05) is 20.6 Å². The fourth-order valence-corrected chi connectivity index (χ4v) is 4.32. The second-order valence-corrected chi connectivity index (χ2v) is 11.2. The Morgan fingerprint density at radius 2 is 0.892 bits per heavy atom. The van der Waals surface area contributed by atoms with Crippen molar-refractivity contribution in [3.63, 3.8) is 0 Å². The molecule has 0 aliphatic rings. The van der Waals surface area contributed by atoms with Crippen LogP contribution in [0.1, 0.15) is 168 Å². The Morgan fingerprint density at radius 1 is 0.568 bits per heavy atom. The maximum Gasteiger partial charge on any atom is 1.00 e. The van der Waals surface area contributed by atoms with Crippen LogP contribution in [0.4, 0.5) is 0 Å². The smallest absolute Gasteiger partial charge is 0.633 e. The molecule has 0 rings (SSSR count). The number of carbonyl (C=O) groups is 1. The van der Waals surface area contributed by atoms with Crippen molar-refractivity contribution in [1.29, 1.82) is 0 Å². The van der Waals surface area contributed by atoms with Crippen molar-refractivity contribution >= 4 is 5.97 Å². The standard InChI is InChI=1S/C18H34O2.C14H31NO.Na/c1-2-3-4-5-6-7-8-9-10-11-12-13-14-15-16-17-18(19)20;1-4-5-6-7-8-9-10-11-12-13-14-15(2,3)16;/h9-10H,2-8,11-17H2,1H3,(H,19,20);4-14H2,1-3H3;/q;;+1/p-1/b10-9-;;. The molecule has 0 spiro atoms. The molecule has 0 saturated carbocycles. The zero-order valence-electron chi connectivity index (χ0n) is 26.0. The van der Waals surface area contributed by atoms with E-state index in [1.807, 2.05) is 0 Å². The summed E-state index contributed by atoms with van der Waals surface area (Å²) in [6.45, 7) is 5.29. The quantitative estimate of drug-likeness (QED) is 0.0433. The van der Waals surface area contributed by atoms with Gasteiger partial charge in [0.25, 0.3) is 0 Å². The van der Waals surface area contributed by atoms with E-state index in [0.29, 0.717) is 0 Å². The number of rotatable bonds is 26. The van der Waals surface area contributed by atoms with Crippen LogP contribution in [-0.4, -0.2) is 31.3 Å². The van der Waals surface area contributed by atoms with E-state index in [1.54, 1.807) is 14.1 Å². The van der Waals surface area contributed by atoms with Gasteiger partial charge < -0.3 is 19.8 Å². The van der Waals surface area contributed by atoms with Gasteiger partial charge >= 0.3 is 29.6 Å². The minimum Gasteiger partial charge on any atom is -0.633 e. The van der Waals surface area contributed by atoms with E-state index in [-0.39, 0.29) is 40.6 Å². The summed E-state index contributed by atoms with van der Waals surface area (Å²) in [6.07, 6.45) is 34.3. The molecule has 0 atom stereocenters. The number of carboxylic acids is 1. The number of hydroxylamine groups is 3. The van der Waals surface area contributed by atoms with Crippen molar-refractivity contribution in [2.24, 2.45) is 0 Å². The number of carboxylic acid groups (broad SMARTS) is 1. The Kier molecular flexibility index (Phi) is 38.4. The first-order valence-electron chi connectivity index (χ1n) is 15.7. The molecule has 0 N–H and O–H groups in total. The molecule has 37 heavy (non-hydrogen) atoms. The van der Waals surface area contributed by atoms with E-state index in [2.05, 4.69) is 26.0 Å². The molecule has 0 heterocycles. The fourth-order valence-electron chi connectivity index (χ4n) is 4.32. The molecule has 216 valence electrons. The van der Waals surface area contributed by atoms with Crippen molar-refractivity contribution in [1.82, 2.24) is 0 Å². The Hall–Kier alpha value is 0.130. The van der Waals surface area contributed by atoms with Gasteiger partial charge in [0.15, 0.2) is 0 Å². The van der Waals surface area contributed by atoms with E-state index in [1.165, 1.54) is 122 Å². The number of nitrogens with zero attached hydrogens (tertiary/aromatic N) is 1. The Labute approximate surface area is 254 Å². The number of hydrogen-bond acceptors (Lipinski definition) is 3. The van der Waals surface area contributed by atoms with Gasteiger partial charge in [-0.25, -0.2) is 0 Å². The third kappa shape index (κ3) is 46.4. The molecule has 0 unspecified atom stereocenters. The first-order chi connectivity index (χ1) is 17.3. The molecule has 5 heteroatoms.